The molecule has 34 heavy (non-hydrogen) atoms. The maximum Gasteiger partial charge on any atom is 0.269 e. The molecule has 0 saturated carbocycles. The number of anilines is 1. The number of amides is 1. The zero-order valence-electron chi connectivity index (χ0n) is 18.5. The number of carbonyl (C=O) groups is 1. The fraction of sp³-hybridized carbons (Fsp3) is 0.120. The SMILES string of the molecule is COc1ccccc1NC(=O)/C(C#N)=C\c1cccc(OC)c1OCc1ccc([N+](=O)[O-])cc1. The van der Waals surface area contributed by atoms with E-state index in [1.54, 1.807) is 54.6 Å². The molecule has 3 aromatic carbocycles. The molecule has 0 bridgehead atoms. The largest absolute Gasteiger partial charge is 0.495 e. The number of ether oxygens (including phenoxy) is 3. The van der Waals surface area contributed by atoms with E-state index in [9.17, 15) is 20.2 Å². The van der Waals surface area contributed by atoms with Gasteiger partial charge in [-0.15, -0.1) is 0 Å². The van der Waals surface area contributed by atoms with E-state index in [1.807, 2.05) is 6.07 Å². The molecule has 0 aromatic heterocycles. The lowest BCUT2D eigenvalue weighted by Gasteiger charge is -2.14. The second-order valence-corrected chi connectivity index (χ2v) is 6.92. The number of nitrogens with zero attached hydrogens (tertiary/aromatic N) is 2. The summed E-state index contributed by atoms with van der Waals surface area (Å²) in [6, 6.07) is 19.8. The van der Waals surface area contributed by atoms with Gasteiger partial charge in [0.2, 0.25) is 0 Å². The third-order valence-electron chi connectivity index (χ3n) is 4.78. The number of hydrogen-bond donors (Lipinski definition) is 1. The molecular formula is C25H21N3O6. The third-order valence-corrected chi connectivity index (χ3v) is 4.78. The molecule has 0 saturated heterocycles. The summed E-state index contributed by atoms with van der Waals surface area (Å²) >= 11 is 0. The van der Waals surface area contributed by atoms with Crippen LogP contribution in [0.1, 0.15) is 11.1 Å². The number of methoxy groups -OCH3 is 2. The summed E-state index contributed by atoms with van der Waals surface area (Å²) in [5.74, 6) is 0.567. The van der Waals surface area contributed by atoms with Gasteiger partial charge in [0.05, 0.1) is 24.8 Å². The van der Waals surface area contributed by atoms with E-state index in [2.05, 4.69) is 5.32 Å². The van der Waals surface area contributed by atoms with Crippen LogP contribution in [0, 0.1) is 21.4 Å². The maximum absolute atomic E-state index is 12.8. The second-order valence-electron chi connectivity index (χ2n) is 6.92. The van der Waals surface area contributed by atoms with Gasteiger partial charge < -0.3 is 19.5 Å². The quantitative estimate of drug-likeness (QED) is 0.212. The summed E-state index contributed by atoms with van der Waals surface area (Å²) in [4.78, 5) is 23.1. The number of nitriles is 1. The fourth-order valence-electron chi connectivity index (χ4n) is 3.07. The van der Waals surface area contributed by atoms with Crippen LogP contribution >= 0.6 is 0 Å². The molecule has 3 rings (SSSR count). The van der Waals surface area contributed by atoms with Crippen LogP contribution in [0.5, 0.6) is 17.2 Å². The number of nitrogens with one attached hydrogen (secondary N) is 1. The van der Waals surface area contributed by atoms with Crippen molar-refractivity contribution in [3.05, 3.63) is 93.5 Å². The monoisotopic (exact) mass is 459 g/mol. The number of non-ortho nitro benzene ring substituents is 1. The number of benzene rings is 3. The lowest BCUT2D eigenvalue weighted by molar-refractivity contribution is -0.384. The first-order chi connectivity index (χ1) is 16.5. The van der Waals surface area contributed by atoms with Gasteiger partial charge >= 0.3 is 0 Å². The summed E-state index contributed by atoms with van der Waals surface area (Å²) in [5, 5.41) is 23.1. The van der Waals surface area contributed by atoms with E-state index in [0.717, 1.165) is 0 Å². The normalized spacial score (nSPS) is 10.7. The maximum atomic E-state index is 12.8. The van der Waals surface area contributed by atoms with E-state index >= 15 is 0 Å². The topological polar surface area (TPSA) is 124 Å². The molecule has 0 unspecified atom stereocenters. The van der Waals surface area contributed by atoms with E-state index in [-0.39, 0.29) is 17.9 Å². The first kappa shape index (κ1) is 23.8. The molecule has 0 heterocycles. The molecule has 172 valence electrons. The van der Waals surface area contributed by atoms with Gasteiger partial charge in [-0.3, -0.25) is 14.9 Å². The highest BCUT2D eigenvalue weighted by molar-refractivity contribution is 6.10. The van der Waals surface area contributed by atoms with E-state index in [0.29, 0.717) is 34.1 Å². The molecule has 9 nitrogen and oxygen atoms in total. The lowest BCUT2D eigenvalue weighted by atomic mass is 10.1. The van der Waals surface area contributed by atoms with Crippen molar-refractivity contribution in [3.63, 3.8) is 0 Å². The fourth-order valence-corrected chi connectivity index (χ4v) is 3.07. The summed E-state index contributed by atoms with van der Waals surface area (Å²) in [6.07, 6.45) is 1.40. The highest BCUT2D eigenvalue weighted by Gasteiger charge is 2.16. The average molecular weight is 459 g/mol. The molecule has 1 N–H and O–H groups in total. The highest BCUT2D eigenvalue weighted by Crippen LogP contribution is 2.34. The zero-order chi connectivity index (χ0) is 24.5. The molecule has 9 heteroatoms. The lowest BCUT2D eigenvalue weighted by Crippen LogP contribution is -2.14. The van der Waals surface area contributed by atoms with Crippen molar-refractivity contribution in [2.75, 3.05) is 19.5 Å². The molecule has 0 aliphatic heterocycles. The third kappa shape index (κ3) is 5.69. The van der Waals surface area contributed by atoms with Gasteiger partial charge in [-0.25, -0.2) is 0 Å². The first-order valence-electron chi connectivity index (χ1n) is 10.1. The van der Waals surface area contributed by atoms with Crippen LogP contribution in [0.25, 0.3) is 6.08 Å². The molecule has 1 amide bonds. The number of para-hydroxylation sites is 3. The number of carbonyl (C=O) groups excluding carboxylic acids is 1. The van der Waals surface area contributed by atoms with Gasteiger partial charge in [0.25, 0.3) is 11.6 Å². The molecular weight excluding hydrogens is 438 g/mol. The standard InChI is InChI=1S/C25H21N3O6/c1-32-22-8-4-3-7-21(22)27-25(29)19(15-26)14-18-6-5-9-23(33-2)24(18)34-16-17-10-12-20(13-11-17)28(30)31/h3-14H,16H2,1-2H3,(H,27,29)/b19-14-. The van der Waals surface area contributed by atoms with Crippen LogP contribution < -0.4 is 19.5 Å². The van der Waals surface area contributed by atoms with Gasteiger partial charge in [-0.1, -0.05) is 24.3 Å². The number of nitro benzene ring substituents is 1. The Morgan fingerprint density at radius 2 is 1.71 bits per heavy atom. The van der Waals surface area contributed by atoms with Gasteiger partial charge in [0.1, 0.15) is 24.0 Å². The Hall–Kier alpha value is -4.84. The molecule has 0 spiro atoms. The van der Waals surface area contributed by atoms with Crippen molar-refractivity contribution in [1.29, 1.82) is 5.26 Å². The summed E-state index contributed by atoms with van der Waals surface area (Å²) < 4.78 is 16.5. The predicted octanol–water partition coefficient (Wildman–Crippen LogP) is 4.74. The van der Waals surface area contributed by atoms with E-state index < -0.39 is 10.8 Å². The van der Waals surface area contributed by atoms with Crippen LogP contribution in [-0.4, -0.2) is 25.1 Å². The van der Waals surface area contributed by atoms with Gasteiger partial charge in [-0.05, 0) is 42.0 Å². The number of hydrogen-bond acceptors (Lipinski definition) is 7. The van der Waals surface area contributed by atoms with Crippen LogP contribution in [0.2, 0.25) is 0 Å². The van der Waals surface area contributed by atoms with Crippen LogP contribution in [0.4, 0.5) is 11.4 Å². The first-order valence-corrected chi connectivity index (χ1v) is 10.1. The van der Waals surface area contributed by atoms with Crippen molar-refractivity contribution < 1.29 is 23.9 Å². The minimum Gasteiger partial charge on any atom is -0.495 e. The molecule has 0 aliphatic carbocycles. The molecule has 0 aliphatic rings. The van der Waals surface area contributed by atoms with Crippen molar-refractivity contribution >= 4 is 23.4 Å². The minimum atomic E-state index is -0.615. The Kier molecular flexibility index (Phi) is 7.81. The van der Waals surface area contributed by atoms with Crippen molar-refractivity contribution in [2.45, 2.75) is 6.61 Å². The second kappa shape index (κ2) is 11.2. The van der Waals surface area contributed by atoms with Gasteiger partial charge in [0.15, 0.2) is 11.5 Å². The average Bonchev–Trinajstić information content (AvgIpc) is 2.86. The van der Waals surface area contributed by atoms with Gasteiger partial charge in [-0.2, -0.15) is 5.26 Å². The molecule has 0 fully saturated rings. The Bertz CT molecular complexity index is 1260. The number of nitro groups is 1. The predicted molar refractivity (Wildman–Crippen MR) is 126 cm³/mol. The molecule has 0 atom stereocenters. The Balaban J connectivity index is 1.87. The molecule has 3 aromatic rings. The summed E-state index contributed by atoms with van der Waals surface area (Å²) in [5.41, 5.74) is 1.40. The Morgan fingerprint density at radius 1 is 1.03 bits per heavy atom. The summed E-state index contributed by atoms with van der Waals surface area (Å²) in [6.45, 7) is 0.0918. The van der Waals surface area contributed by atoms with Crippen LogP contribution in [0.15, 0.2) is 72.3 Å². The number of rotatable bonds is 9. The van der Waals surface area contributed by atoms with Crippen molar-refractivity contribution in [3.8, 4) is 23.3 Å². The van der Waals surface area contributed by atoms with Crippen LogP contribution in [0.3, 0.4) is 0 Å². The zero-order valence-corrected chi connectivity index (χ0v) is 18.5. The van der Waals surface area contributed by atoms with E-state index in [1.165, 1.54) is 32.4 Å². The smallest absolute Gasteiger partial charge is 0.269 e. The van der Waals surface area contributed by atoms with Crippen molar-refractivity contribution in [1.82, 2.24) is 0 Å². The van der Waals surface area contributed by atoms with Crippen LogP contribution in [-0.2, 0) is 11.4 Å². The Labute approximate surface area is 196 Å². The molecule has 0 radical (unpaired) electrons. The van der Waals surface area contributed by atoms with Gasteiger partial charge in [0, 0.05) is 17.7 Å². The highest BCUT2D eigenvalue weighted by atomic mass is 16.6. The summed E-state index contributed by atoms with van der Waals surface area (Å²) in [7, 11) is 2.96. The van der Waals surface area contributed by atoms with E-state index in [4.69, 9.17) is 14.2 Å². The Morgan fingerprint density at radius 3 is 2.35 bits per heavy atom. The minimum absolute atomic E-state index is 0.0237. The van der Waals surface area contributed by atoms with Crippen molar-refractivity contribution in [2.24, 2.45) is 0 Å².